The van der Waals surface area contributed by atoms with Crippen molar-refractivity contribution in [2.45, 2.75) is 23.9 Å². The van der Waals surface area contributed by atoms with E-state index in [0.29, 0.717) is 16.7 Å². The Morgan fingerprint density at radius 3 is 2.49 bits per heavy atom. The first kappa shape index (κ1) is 27.1. The second-order valence-corrected chi connectivity index (χ2v) is 11.3. The zero-order chi connectivity index (χ0) is 26.4. The highest BCUT2D eigenvalue weighted by Gasteiger charge is 2.25. The zero-order valence-corrected chi connectivity index (χ0v) is 23.6. The molecule has 0 saturated carbocycles. The molecule has 0 unspecified atom stereocenters. The number of piperazine rings is 1. The smallest absolute Gasteiger partial charge is 0.221 e. The third-order valence-corrected chi connectivity index (χ3v) is 7.50. The normalized spacial score (nSPS) is 14.2. The Balaban J connectivity index is 1.60. The van der Waals surface area contributed by atoms with Gasteiger partial charge in [0.05, 0.1) is 7.11 Å². The summed E-state index contributed by atoms with van der Waals surface area (Å²) in [6.07, 6.45) is 1.83. The number of nitrogens with one attached hydrogen (secondary N) is 2. The monoisotopic (exact) mass is 542 g/mol. The highest BCUT2D eigenvalue weighted by atomic mass is 32.2. The predicted molar refractivity (Wildman–Crippen MR) is 151 cm³/mol. The number of hydrogen-bond acceptors (Lipinski definition) is 11. The van der Waals surface area contributed by atoms with Crippen molar-refractivity contribution in [3.63, 3.8) is 0 Å². The number of benzene rings is 1. The standard InChI is InChI=1S/C25H34N8O2S2/c1-17-16-26-24(36-17)28-22-21(35-5)23(33-14-12-32(13-15-33)11-10-31(3)4)30-25(29-22)37-20-8-6-19(7-9-20)27-18(2)34/h6-9,16H,10-15H2,1-5H3,(H,27,34)(H,26,28,29,30). The number of carbonyl (C=O) groups is 1. The lowest BCUT2D eigenvalue weighted by molar-refractivity contribution is -0.114. The summed E-state index contributed by atoms with van der Waals surface area (Å²) in [6, 6.07) is 7.64. The zero-order valence-electron chi connectivity index (χ0n) is 21.9. The number of thiazole rings is 1. The van der Waals surface area contributed by atoms with Gasteiger partial charge in [-0.15, -0.1) is 11.3 Å². The van der Waals surface area contributed by atoms with Gasteiger partial charge in [-0.05, 0) is 57.0 Å². The fourth-order valence-corrected chi connectivity index (χ4v) is 5.32. The van der Waals surface area contributed by atoms with Crippen LogP contribution in [0.25, 0.3) is 0 Å². The summed E-state index contributed by atoms with van der Waals surface area (Å²) in [5, 5.41) is 7.50. The molecule has 12 heteroatoms. The molecular weight excluding hydrogens is 508 g/mol. The lowest BCUT2D eigenvalue weighted by Gasteiger charge is -2.36. The minimum Gasteiger partial charge on any atom is -0.490 e. The van der Waals surface area contributed by atoms with E-state index in [-0.39, 0.29) is 5.91 Å². The van der Waals surface area contributed by atoms with Gasteiger partial charge in [0.1, 0.15) is 0 Å². The fraction of sp³-hybridized carbons (Fsp3) is 0.440. The van der Waals surface area contributed by atoms with E-state index in [1.807, 2.05) is 37.4 Å². The number of likely N-dealkylation sites (N-methyl/N-ethyl adjacent to an activating group) is 1. The van der Waals surface area contributed by atoms with E-state index < -0.39 is 0 Å². The summed E-state index contributed by atoms with van der Waals surface area (Å²) in [5.41, 5.74) is 0.752. The van der Waals surface area contributed by atoms with Crippen LogP contribution in [0.1, 0.15) is 11.8 Å². The second kappa shape index (κ2) is 12.5. The summed E-state index contributed by atoms with van der Waals surface area (Å²) in [6.45, 7) is 9.24. The molecule has 4 rings (SSSR count). The fourth-order valence-electron chi connectivity index (χ4n) is 3.90. The van der Waals surface area contributed by atoms with Gasteiger partial charge in [-0.1, -0.05) is 0 Å². The van der Waals surface area contributed by atoms with Crippen LogP contribution in [0.3, 0.4) is 0 Å². The lowest BCUT2D eigenvalue weighted by Crippen LogP contribution is -2.48. The molecule has 0 atom stereocenters. The molecule has 1 fully saturated rings. The molecule has 1 amide bonds. The largest absolute Gasteiger partial charge is 0.490 e. The highest BCUT2D eigenvalue weighted by Crippen LogP contribution is 2.39. The number of aryl methyl sites for hydroxylation is 1. The highest BCUT2D eigenvalue weighted by molar-refractivity contribution is 7.99. The van der Waals surface area contributed by atoms with Crippen molar-refractivity contribution in [3.05, 3.63) is 35.3 Å². The number of rotatable bonds is 10. The van der Waals surface area contributed by atoms with Crippen LogP contribution >= 0.6 is 23.1 Å². The molecule has 0 aliphatic carbocycles. The molecule has 0 spiro atoms. The maximum Gasteiger partial charge on any atom is 0.221 e. The van der Waals surface area contributed by atoms with Crippen molar-refractivity contribution in [3.8, 4) is 5.75 Å². The molecule has 3 heterocycles. The third-order valence-electron chi connectivity index (χ3n) is 5.80. The van der Waals surface area contributed by atoms with Crippen LogP contribution in [-0.2, 0) is 4.79 Å². The van der Waals surface area contributed by atoms with E-state index in [9.17, 15) is 4.79 Å². The average molecular weight is 543 g/mol. The van der Waals surface area contributed by atoms with E-state index in [1.54, 1.807) is 18.4 Å². The first-order valence-electron chi connectivity index (χ1n) is 12.1. The first-order valence-corrected chi connectivity index (χ1v) is 13.8. The van der Waals surface area contributed by atoms with E-state index in [0.717, 1.165) is 65.7 Å². The van der Waals surface area contributed by atoms with Gasteiger partial charge in [-0.2, -0.15) is 0 Å². The van der Waals surface area contributed by atoms with Gasteiger partial charge < -0.3 is 25.2 Å². The number of aromatic nitrogens is 3. The summed E-state index contributed by atoms with van der Waals surface area (Å²) in [5.74, 6) is 1.88. The van der Waals surface area contributed by atoms with Crippen molar-refractivity contribution in [2.75, 3.05) is 76.0 Å². The Morgan fingerprint density at radius 1 is 1.16 bits per heavy atom. The number of amides is 1. The number of nitrogens with zero attached hydrogens (tertiary/aromatic N) is 6. The maximum atomic E-state index is 11.3. The van der Waals surface area contributed by atoms with Crippen molar-refractivity contribution >= 4 is 51.5 Å². The maximum absolute atomic E-state index is 11.3. The summed E-state index contributed by atoms with van der Waals surface area (Å²) in [7, 11) is 5.86. The molecule has 37 heavy (non-hydrogen) atoms. The quantitative estimate of drug-likeness (QED) is 0.368. The molecule has 1 aliphatic rings. The van der Waals surface area contributed by atoms with Crippen molar-refractivity contribution in [1.82, 2.24) is 24.8 Å². The summed E-state index contributed by atoms with van der Waals surface area (Å²) >= 11 is 3.03. The van der Waals surface area contributed by atoms with Gasteiger partial charge in [0.25, 0.3) is 0 Å². The molecular formula is C25H34N8O2S2. The summed E-state index contributed by atoms with van der Waals surface area (Å²) < 4.78 is 5.85. The minimum atomic E-state index is -0.0986. The van der Waals surface area contributed by atoms with Crippen molar-refractivity contribution in [1.29, 1.82) is 0 Å². The SMILES string of the molecule is COc1c(Nc2ncc(C)s2)nc(Sc2ccc(NC(C)=O)cc2)nc1N1CCN(CCN(C)C)CC1. The van der Waals surface area contributed by atoms with Crippen LogP contribution in [-0.4, -0.2) is 91.1 Å². The van der Waals surface area contributed by atoms with Crippen LogP contribution in [0.15, 0.2) is 40.5 Å². The number of carbonyl (C=O) groups excluding carboxylic acids is 1. The van der Waals surface area contributed by atoms with Crippen LogP contribution in [0.4, 0.5) is 22.5 Å². The molecule has 2 N–H and O–H groups in total. The van der Waals surface area contributed by atoms with Crippen LogP contribution in [0, 0.1) is 6.92 Å². The average Bonchev–Trinajstić information content (AvgIpc) is 3.28. The molecule has 10 nitrogen and oxygen atoms in total. The Morgan fingerprint density at radius 2 is 1.89 bits per heavy atom. The van der Waals surface area contributed by atoms with Crippen molar-refractivity contribution < 1.29 is 9.53 Å². The predicted octanol–water partition coefficient (Wildman–Crippen LogP) is 3.79. The van der Waals surface area contributed by atoms with Crippen LogP contribution in [0.5, 0.6) is 5.75 Å². The number of anilines is 4. The van der Waals surface area contributed by atoms with E-state index in [2.05, 4.69) is 44.4 Å². The number of methoxy groups -OCH3 is 1. The summed E-state index contributed by atoms with van der Waals surface area (Å²) in [4.78, 5) is 34.6. The van der Waals surface area contributed by atoms with E-state index in [4.69, 9.17) is 14.7 Å². The van der Waals surface area contributed by atoms with Crippen LogP contribution < -0.4 is 20.3 Å². The van der Waals surface area contributed by atoms with Crippen molar-refractivity contribution in [2.24, 2.45) is 0 Å². The molecule has 1 aromatic carbocycles. The Hall–Kier alpha value is -2.93. The third kappa shape index (κ3) is 7.54. The van der Waals surface area contributed by atoms with E-state index in [1.165, 1.54) is 18.7 Å². The molecule has 0 radical (unpaired) electrons. The lowest BCUT2D eigenvalue weighted by atomic mass is 10.3. The Labute approximate surface area is 226 Å². The topological polar surface area (TPSA) is 98.7 Å². The van der Waals surface area contributed by atoms with E-state index >= 15 is 0 Å². The van der Waals surface area contributed by atoms with Gasteiger partial charge >= 0.3 is 0 Å². The van der Waals surface area contributed by atoms with Gasteiger partial charge in [-0.25, -0.2) is 15.0 Å². The second-order valence-electron chi connectivity index (χ2n) is 9.05. The van der Waals surface area contributed by atoms with Gasteiger partial charge in [0, 0.05) is 67.8 Å². The van der Waals surface area contributed by atoms with Crippen LogP contribution in [0.2, 0.25) is 0 Å². The molecule has 3 aromatic rings. The minimum absolute atomic E-state index is 0.0986. The Bertz CT molecular complexity index is 1190. The number of hydrogen-bond donors (Lipinski definition) is 2. The molecule has 1 saturated heterocycles. The number of ether oxygens (including phenoxy) is 1. The molecule has 198 valence electrons. The Kier molecular flexibility index (Phi) is 9.19. The molecule has 2 aromatic heterocycles. The van der Waals surface area contributed by atoms with Gasteiger partial charge in [0.2, 0.25) is 11.7 Å². The first-order chi connectivity index (χ1) is 17.8. The van der Waals surface area contributed by atoms with Gasteiger partial charge in [0.15, 0.2) is 21.9 Å². The van der Waals surface area contributed by atoms with Gasteiger partial charge in [-0.3, -0.25) is 9.69 Å². The molecule has 0 bridgehead atoms. The molecule has 1 aliphatic heterocycles.